The van der Waals surface area contributed by atoms with Crippen LogP contribution < -0.4 is 11.1 Å². The summed E-state index contributed by atoms with van der Waals surface area (Å²) in [4.78, 5) is 4.13. The fourth-order valence-corrected chi connectivity index (χ4v) is 2.74. The number of pyridine rings is 1. The van der Waals surface area contributed by atoms with Crippen molar-refractivity contribution in [3.8, 4) is 0 Å². The number of hydrogen-bond acceptors (Lipinski definition) is 3. The topological polar surface area (TPSA) is 50.9 Å². The van der Waals surface area contributed by atoms with Gasteiger partial charge in [-0.15, -0.1) is 0 Å². The number of aromatic nitrogens is 1. The molecule has 1 aliphatic rings. The van der Waals surface area contributed by atoms with Gasteiger partial charge < -0.3 is 11.1 Å². The molecule has 1 saturated carbocycles. The quantitative estimate of drug-likeness (QED) is 0.820. The van der Waals surface area contributed by atoms with Gasteiger partial charge in [-0.05, 0) is 36.3 Å². The molecule has 19 heavy (non-hydrogen) atoms. The number of anilines is 2. The number of nitrogen functional groups attached to an aromatic ring is 1. The van der Waals surface area contributed by atoms with Gasteiger partial charge in [0, 0.05) is 29.7 Å². The molecule has 0 saturated heterocycles. The van der Waals surface area contributed by atoms with Gasteiger partial charge in [0.05, 0.1) is 11.4 Å². The number of benzene rings is 1. The number of nitrogens with one attached hydrogen (secondary N) is 1. The molecule has 0 bridgehead atoms. The van der Waals surface area contributed by atoms with Gasteiger partial charge in [-0.1, -0.05) is 19.9 Å². The van der Waals surface area contributed by atoms with Gasteiger partial charge in [-0.3, -0.25) is 4.98 Å². The van der Waals surface area contributed by atoms with E-state index >= 15 is 0 Å². The highest BCUT2D eigenvalue weighted by atomic mass is 14.9. The van der Waals surface area contributed by atoms with Gasteiger partial charge >= 0.3 is 0 Å². The molecular formula is C16H21N3. The molecule has 3 nitrogen and oxygen atoms in total. The van der Waals surface area contributed by atoms with E-state index in [1.807, 2.05) is 12.3 Å². The van der Waals surface area contributed by atoms with Crippen molar-refractivity contribution < 1.29 is 0 Å². The van der Waals surface area contributed by atoms with Crippen LogP contribution in [0.25, 0.3) is 10.8 Å². The second kappa shape index (κ2) is 4.41. The van der Waals surface area contributed by atoms with Gasteiger partial charge in [0.25, 0.3) is 0 Å². The van der Waals surface area contributed by atoms with Crippen LogP contribution in [0.5, 0.6) is 0 Å². The third kappa shape index (κ3) is 2.14. The Morgan fingerprint density at radius 2 is 2.11 bits per heavy atom. The predicted molar refractivity (Wildman–Crippen MR) is 81.2 cm³/mol. The highest BCUT2D eigenvalue weighted by Crippen LogP contribution is 2.51. The molecule has 0 unspecified atom stereocenters. The Labute approximate surface area is 114 Å². The molecule has 3 rings (SSSR count). The SMILES string of the molecule is CC(C)C1(CNc2ccc3cnccc3c2N)CC1. The summed E-state index contributed by atoms with van der Waals surface area (Å²) in [5, 5.41) is 5.72. The first-order valence-corrected chi connectivity index (χ1v) is 6.98. The molecule has 1 aromatic carbocycles. The Kier molecular flexibility index (Phi) is 2.85. The number of fused-ring (bicyclic) bond motifs is 1. The predicted octanol–water partition coefficient (Wildman–Crippen LogP) is 3.67. The van der Waals surface area contributed by atoms with Crippen LogP contribution in [0, 0.1) is 11.3 Å². The number of nitrogens with zero attached hydrogens (tertiary/aromatic N) is 1. The average molecular weight is 255 g/mol. The summed E-state index contributed by atoms with van der Waals surface area (Å²) in [6.07, 6.45) is 6.30. The van der Waals surface area contributed by atoms with E-state index in [4.69, 9.17) is 5.73 Å². The summed E-state index contributed by atoms with van der Waals surface area (Å²) >= 11 is 0. The Morgan fingerprint density at radius 3 is 2.79 bits per heavy atom. The number of nitrogens with two attached hydrogens (primary N) is 1. The average Bonchev–Trinajstić information content (AvgIpc) is 3.20. The van der Waals surface area contributed by atoms with Crippen LogP contribution in [0.2, 0.25) is 0 Å². The van der Waals surface area contributed by atoms with E-state index in [2.05, 4.69) is 36.3 Å². The highest BCUT2D eigenvalue weighted by molar-refractivity contribution is 5.98. The van der Waals surface area contributed by atoms with Crippen molar-refractivity contribution >= 4 is 22.1 Å². The maximum Gasteiger partial charge on any atom is 0.0630 e. The maximum atomic E-state index is 6.25. The molecule has 3 heteroatoms. The van der Waals surface area contributed by atoms with Crippen LogP contribution in [0.3, 0.4) is 0 Å². The number of hydrogen-bond donors (Lipinski definition) is 2. The van der Waals surface area contributed by atoms with E-state index in [0.29, 0.717) is 5.41 Å². The summed E-state index contributed by atoms with van der Waals surface area (Å²) in [7, 11) is 0. The van der Waals surface area contributed by atoms with Crippen LogP contribution in [-0.4, -0.2) is 11.5 Å². The van der Waals surface area contributed by atoms with E-state index in [-0.39, 0.29) is 0 Å². The summed E-state index contributed by atoms with van der Waals surface area (Å²) in [5.41, 5.74) is 8.62. The molecule has 2 aromatic rings. The first kappa shape index (κ1) is 12.3. The molecule has 0 spiro atoms. The molecule has 3 N–H and O–H groups in total. The number of rotatable bonds is 4. The molecule has 0 radical (unpaired) electrons. The van der Waals surface area contributed by atoms with Crippen LogP contribution >= 0.6 is 0 Å². The zero-order chi connectivity index (χ0) is 13.5. The molecule has 100 valence electrons. The van der Waals surface area contributed by atoms with E-state index in [0.717, 1.165) is 34.6 Å². The Hall–Kier alpha value is -1.77. The molecule has 0 aliphatic heterocycles. The van der Waals surface area contributed by atoms with Crippen molar-refractivity contribution in [3.05, 3.63) is 30.6 Å². The van der Waals surface area contributed by atoms with Crippen molar-refractivity contribution in [3.63, 3.8) is 0 Å². The lowest BCUT2D eigenvalue weighted by Crippen LogP contribution is -2.21. The van der Waals surface area contributed by atoms with Crippen LogP contribution in [-0.2, 0) is 0 Å². The largest absolute Gasteiger partial charge is 0.397 e. The molecule has 1 aliphatic carbocycles. The lowest BCUT2D eigenvalue weighted by atomic mass is 9.92. The van der Waals surface area contributed by atoms with Gasteiger partial charge in [-0.2, -0.15) is 0 Å². The Balaban J connectivity index is 1.84. The molecule has 1 heterocycles. The zero-order valence-electron chi connectivity index (χ0n) is 11.6. The molecule has 1 aromatic heterocycles. The minimum atomic E-state index is 0.486. The van der Waals surface area contributed by atoms with Crippen molar-refractivity contribution in [2.24, 2.45) is 11.3 Å². The van der Waals surface area contributed by atoms with Crippen molar-refractivity contribution in [1.29, 1.82) is 0 Å². The molecule has 0 amide bonds. The van der Waals surface area contributed by atoms with E-state index in [1.54, 1.807) is 6.20 Å². The first-order chi connectivity index (χ1) is 9.12. The van der Waals surface area contributed by atoms with Gasteiger partial charge in [0.2, 0.25) is 0 Å². The third-order valence-electron chi connectivity index (χ3n) is 4.61. The summed E-state index contributed by atoms with van der Waals surface area (Å²) in [6.45, 7) is 5.64. The van der Waals surface area contributed by atoms with E-state index < -0.39 is 0 Å². The Morgan fingerprint density at radius 1 is 1.32 bits per heavy atom. The summed E-state index contributed by atoms with van der Waals surface area (Å²) < 4.78 is 0. The molecule has 0 atom stereocenters. The van der Waals surface area contributed by atoms with Crippen LogP contribution in [0.1, 0.15) is 26.7 Å². The maximum absolute atomic E-state index is 6.25. The fourth-order valence-electron chi connectivity index (χ4n) is 2.74. The van der Waals surface area contributed by atoms with Crippen LogP contribution in [0.15, 0.2) is 30.6 Å². The van der Waals surface area contributed by atoms with Crippen LogP contribution in [0.4, 0.5) is 11.4 Å². The summed E-state index contributed by atoms with van der Waals surface area (Å²) in [6, 6.07) is 6.12. The van der Waals surface area contributed by atoms with Gasteiger partial charge in [0.15, 0.2) is 0 Å². The second-order valence-corrected chi connectivity index (χ2v) is 5.99. The fraction of sp³-hybridized carbons (Fsp3) is 0.438. The monoisotopic (exact) mass is 255 g/mol. The standard InChI is InChI=1S/C16H21N3/c1-11(2)16(6-7-16)10-19-14-4-3-12-9-18-8-5-13(12)15(14)17/h3-5,8-9,11,19H,6-7,10,17H2,1-2H3. The zero-order valence-corrected chi connectivity index (χ0v) is 11.6. The lowest BCUT2D eigenvalue weighted by molar-refractivity contribution is 0.380. The normalized spacial score (nSPS) is 16.8. The van der Waals surface area contributed by atoms with E-state index in [1.165, 1.54) is 12.8 Å². The van der Waals surface area contributed by atoms with Gasteiger partial charge in [0.1, 0.15) is 0 Å². The van der Waals surface area contributed by atoms with Gasteiger partial charge in [-0.25, -0.2) is 0 Å². The van der Waals surface area contributed by atoms with E-state index in [9.17, 15) is 0 Å². The van der Waals surface area contributed by atoms with Crippen molar-refractivity contribution in [2.45, 2.75) is 26.7 Å². The second-order valence-electron chi connectivity index (χ2n) is 5.99. The Bertz CT molecular complexity index is 600. The molecule has 1 fully saturated rings. The minimum absolute atomic E-state index is 0.486. The lowest BCUT2D eigenvalue weighted by Gasteiger charge is -2.21. The first-order valence-electron chi connectivity index (χ1n) is 6.98. The van der Waals surface area contributed by atoms with Crippen molar-refractivity contribution in [1.82, 2.24) is 4.98 Å². The summed E-state index contributed by atoms with van der Waals surface area (Å²) in [5.74, 6) is 0.728. The highest BCUT2D eigenvalue weighted by Gasteiger charge is 2.44. The smallest absolute Gasteiger partial charge is 0.0630 e. The molecular weight excluding hydrogens is 234 g/mol. The third-order valence-corrected chi connectivity index (χ3v) is 4.61. The van der Waals surface area contributed by atoms with Crippen molar-refractivity contribution in [2.75, 3.05) is 17.6 Å². The minimum Gasteiger partial charge on any atom is -0.397 e.